The monoisotopic (exact) mass is 187 g/mol. The third-order valence-electron chi connectivity index (χ3n) is 2.08. The molecule has 0 N–H and O–H groups in total. The fourth-order valence-electron chi connectivity index (χ4n) is 1.37. The van der Waals surface area contributed by atoms with Gasteiger partial charge >= 0.3 is 0 Å². The van der Waals surface area contributed by atoms with Crippen LogP contribution in [0.15, 0.2) is 36.7 Å². The number of ether oxygens (including phenoxy) is 1. The minimum atomic E-state index is 0.770. The van der Waals surface area contributed by atoms with Crippen LogP contribution >= 0.6 is 0 Å². The summed E-state index contributed by atoms with van der Waals surface area (Å²) in [4.78, 5) is 4.08. The highest BCUT2D eigenvalue weighted by atomic mass is 16.5. The zero-order valence-corrected chi connectivity index (χ0v) is 8.23. The summed E-state index contributed by atoms with van der Waals surface area (Å²) in [6.45, 7) is 2.87. The van der Waals surface area contributed by atoms with E-state index in [9.17, 15) is 0 Å². The van der Waals surface area contributed by atoms with E-state index in [1.54, 1.807) is 6.20 Å². The summed E-state index contributed by atoms with van der Waals surface area (Å²) in [5, 5.41) is 2.32. The molecule has 14 heavy (non-hydrogen) atoms. The van der Waals surface area contributed by atoms with Crippen LogP contribution in [0.4, 0.5) is 0 Å². The quantitative estimate of drug-likeness (QED) is 0.736. The van der Waals surface area contributed by atoms with Gasteiger partial charge in [0.15, 0.2) is 0 Å². The Morgan fingerprint density at radius 1 is 1.21 bits per heavy atom. The summed E-state index contributed by atoms with van der Waals surface area (Å²) in [5.74, 6) is 0.923. The third-order valence-corrected chi connectivity index (χ3v) is 2.08. The molecule has 0 saturated carbocycles. The molecule has 1 aromatic heterocycles. The van der Waals surface area contributed by atoms with Gasteiger partial charge in [0.25, 0.3) is 0 Å². The zero-order valence-electron chi connectivity index (χ0n) is 8.23. The van der Waals surface area contributed by atoms with E-state index in [0.29, 0.717) is 0 Å². The number of hydrogen-bond acceptors (Lipinski definition) is 2. The van der Waals surface area contributed by atoms with Crippen molar-refractivity contribution < 1.29 is 4.74 Å². The molecular weight excluding hydrogens is 174 g/mol. The number of rotatable bonds is 3. The number of pyridine rings is 1. The average molecular weight is 187 g/mol. The predicted molar refractivity (Wildman–Crippen MR) is 57.5 cm³/mol. The average Bonchev–Trinajstić information content (AvgIpc) is 2.26. The summed E-state index contributed by atoms with van der Waals surface area (Å²) < 4.78 is 5.54. The molecule has 0 radical (unpaired) electrons. The van der Waals surface area contributed by atoms with Gasteiger partial charge in [-0.1, -0.05) is 13.0 Å². The second-order valence-electron chi connectivity index (χ2n) is 3.23. The summed E-state index contributed by atoms with van der Waals surface area (Å²) in [6, 6.07) is 8.08. The van der Waals surface area contributed by atoms with Crippen molar-refractivity contribution in [2.24, 2.45) is 0 Å². The van der Waals surface area contributed by atoms with Crippen molar-refractivity contribution in [2.45, 2.75) is 13.3 Å². The van der Waals surface area contributed by atoms with E-state index in [4.69, 9.17) is 4.74 Å². The fraction of sp³-hybridized carbons (Fsp3) is 0.250. The highest BCUT2D eigenvalue weighted by Crippen LogP contribution is 2.19. The van der Waals surface area contributed by atoms with Crippen LogP contribution in [0.3, 0.4) is 0 Å². The molecule has 2 rings (SSSR count). The van der Waals surface area contributed by atoms with Gasteiger partial charge in [0.05, 0.1) is 6.61 Å². The van der Waals surface area contributed by atoms with Crippen molar-refractivity contribution in [3.05, 3.63) is 36.7 Å². The number of benzene rings is 1. The molecule has 0 unspecified atom stereocenters. The predicted octanol–water partition coefficient (Wildman–Crippen LogP) is 3.02. The Hall–Kier alpha value is -1.57. The van der Waals surface area contributed by atoms with Crippen molar-refractivity contribution in [1.82, 2.24) is 4.98 Å². The molecule has 2 heteroatoms. The third kappa shape index (κ3) is 1.84. The van der Waals surface area contributed by atoms with Gasteiger partial charge in [0, 0.05) is 17.8 Å². The maximum absolute atomic E-state index is 5.54. The molecule has 0 bridgehead atoms. The lowest BCUT2D eigenvalue weighted by Crippen LogP contribution is -1.94. The molecular formula is C12H13NO. The lowest BCUT2D eigenvalue weighted by molar-refractivity contribution is 0.318. The second kappa shape index (κ2) is 4.09. The molecule has 72 valence electrons. The van der Waals surface area contributed by atoms with Gasteiger partial charge in [-0.15, -0.1) is 0 Å². The van der Waals surface area contributed by atoms with Gasteiger partial charge in [-0.3, -0.25) is 4.98 Å². The number of aromatic nitrogens is 1. The van der Waals surface area contributed by atoms with Crippen LogP contribution in [0.5, 0.6) is 5.75 Å². The summed E-state index contributed by atoms with van der Waals surface area (Å²) in [5.41, 5.74) is 0. The molecule has 2 nitrogen and oxygen atoms in total. The topological polar surface area (TPSA) is 22.1 Å². The lowest BCUT2D eigenvalue weighted by Gasteiger charge is -2.05. The van der Waals surface area contributed by atoms with Crippen molar-refractivity contribution in [3.63, 3.8) is 0 Å². The normalized spacial score (nSPS) is 10.4. The molecule has 0 atom stereocenters. The molecule has 1 aromatic carbocycles. The van der Waals surface area contributed by atoms with Gasteiger partial charge in [0.1, 0.15) is 5.75 Å². The van der Waals surface area contributed by atoms with Crippen molar-refractivity contribution in [2.75, 3.05) is 6.61 Å². The van der Waals surface area contributed by atoms with E-state index in [-0.39, 0.29) is 0 Å². The van der Waals surface area contributed by atoms with Gasteiger partial charge in [-0.05, 0) is 30.0 Å². The fourth-order valence-corrected chi connectivity index (χ4v) is 1.37. The Labute approximate surface area is 83.5 Å². The SMILES string of the molecule is CCCOc1ccc2ccncc2c1. The van der Waals surface area contributed by atoms with E-state index in [1.807, 2.05) is 24.4 Å². The minimum Gasteiger partial charge on any atom is -0.494 e. The lowest BCUT2D eigenvalue weighted by atomic mass is 10.2. The zero-order chi connectivity index (χ0) is 9.80. The first-order chi connectivity index (χ1) is 6.90. The molecule has 0 aliphatic rings. The smallest absolute Gasteiger partial charge is 0.119 e. The molecule has 0 aliphatic carbocycles. The Kier molecular flexibility index (Phi) is 2.63. The van der Waals surface area contributed by atoms with Gasteiger partial charge in [0.2, 0.25) is 0 Å². The van der Waals surface area contributed by atoms with Crippen LogP contribution in [0.2, 0.25) is 0 Å². The van der Waals surface area contributed by atoms with E-state index < -0.39 is 0 Å². The standard InChI is InChI=1S/C12H13NO/c1-2-7-14-12-4-3-10-5-6-13-9-11(10)8-12/h3-6,8-9H,2,7H2,1H3. The van der Waals surface area contributed by atoms with Crippen LogP contribution in [0, 0.1) is 0 Å². The number of nitrogens with zero attached hydrogens (tertiary/aromatic N) is 1. The summed E-state index contributed by atoms with van der Waals surface area (Å²) >= 11 is 0. The first-order valence-electron chi connectivity index (χ1n) is 4.87. The van der Waals surface area contributed by atoms with Crippen LogP contribution < -0.4 is 4.74 Å². The Morgan fingerprint density at radius 2 is 2.14 bits per heavy atom. The first-order valence-corrected chi connectivity index (χ1v) is 4.87. The second-order valence-corrected chi connectivity index (χ2v) is 3.23. The van der Waals surface area contributed by atoms with Crippen LogP contribution in [0.25, 0.3) is 10.8 Å². The van der Waals surface area contributed by atoms with Crippen LogP contribution in [0.1, 0.15) is 13.3 Å². The highest BCUT2D eigenvalue weighted by molar-refractivity contribution is 5.82. The largest absolute Gasteiger partial charge is 0.494 e. The minimum absolute atomic E-state index is 0.770. The Bertz CT molecular complexity index is 425. The molecule has 0 spiro atoms. The van der Waals surface area contributed by atoms with Crippen LogP contribution in [-0.2, 0) is 0 Å². The van der Waals surface area contributed by atoms with Crippen molar-refractivity contribution >= 4 is 10.8 Å². The van der Waals surface area contributed by atoms with Gasteiger partial charge in [-0.25, -0.2) is 0 Å². The molecule has 0 fully saturated rings. The van der Waals surface area contributed by atoms with E-state index >= 15 is 0 Å². The number of hydrogen-bond donors (Lipinski definition) is 0. The van der Waals surface area contributed by atoms with Crippen molar-refractivity contribution in [1.29, 1.82) is 0 Å². The van der Waals surface area contributed by atoms with Crippen molar-refractivity contribution in [3.8, 4) is 5.75 Å². The van der Waals surface area contributed by atoms with E-state index in [2.05, 4.69) is 18.0 Å². The molecule has 2 aromatic rings. The Balaban J connectivity index is 2.32. The van der Waals surface area contributed by atoms with Gasteiger partial charge in [-0.2, -0.15) is 0 Å². The van der Waals surface area contributed by atoms with E-state index in [1.165, 1.54) is 5.39 Å². The van der Waals surface area contributed by atoms with Crippen LogP contribution in [-0.4, -0.2) is 11.6 Å². The highest BCUT2D eigenvalue weighted by Gasteiger charge is 1.95. The first kappa shape index (κ1) is 9.00. The maximum Gasteiger partial charge on any atom is 0.119 e. The molecule has 1 heterocycles. The number of fused-ring (bicyclic) bond motifs is 1. The van der Waals surface area contributed by atoms with Gasteiger partial charge < -0.3 is 4.74 Å². The molecule has 0 saturated heterocycles. The maximum atomic E-state index is 5.54. The van der Waals surface area contributed by atoms with E-state index in [0.717, 1.165) is 24.2 Å². The Morgan fingerprint density at radius 3 is 3.00 bits per heavy atom. The summed E-state index contributed by atoms with van der Waals surface area (Å²) in [7, 11) is 0. The summed E-state index contributed by atoms with van der Waals surface area (Å²) in [6.07, 6.45) is 4.69. The molecule has 0 amide bonds. The molecule has 0 aliphatic heterocycles.